The molecule has 3 heterocycles. The molecule has 2 aromatic heterocycles. The lowest BCUT2D eigenvalue weighted by molar-refractivity contribution is -0.122. The lowest BCUT2D eigenvalue weighted by atomic mass is 9.98. The topological polar surface area (TPSA) is 85.0 Å². The molecule has 0 aromatic carbocycles. The number of aromatic nitrogens is 3. The number of amides is 1. The number of hydrogen-bond donors (Lipinski definition) is 1. The maximum atomic E-state index is 11.6. The highest BCUT2D eigenvalue weighted by atomic mass is 16.1. The first-order valence-corrected chi connectivity index (χ1v) is 7.91. The van der Waals surface area contributed by atoms with E-state index in [4.69, 9.17) is 10.7 Å². The molecular weight excluding hydrogens is 290 g/mol. The van der Waals surface area contributed by atoms with E-state index in [2.05, 4.69) is 28.7 Å². The Morgan fingerprint density at radius 1 is 1.30 bits per heavy atom. The molecule has 23 heavy (non-hydrogen) atoms. The highest BCUT2D eigenvalue weighted by Gasteiger charge is 2.34. The number of carbonyl (C=O) groups is 1. The minimum Gasteiger partial charge on any atom is -0.369 e. The Hall–Kier alpha value is -2.50. The SMILES string of the molecule is CCc1cc(N2C[C@@H](C)[C@H](C(N)=O)C2)nc(-c2ccncc2)n1. The van der Waals surface area contributed by atoms with E-state index in [0.717, 1.165) is 30.0 Å². The summed E-state index contributed by atoms with van der Waals surface area (Å²) in [6, 6.07) is 5.80. The third-order valence-corrected chi connectivity index (χ3v) is 4.37. The number of hydrogen-bond acceptors (Lipinski definition) is 5. The minimum atomic E-state index is -0.237. The van der Waals surface area contributed by atoms with Crippen LogP contribution in [0.15, 0.2) is 30.6 Å². The van der Waals surface area contributed by atoms with Gasteiger partial charge in [0, 0.05) is 42.8 Å². The molecule has 1 aliphatic rings. The maximum Gasteiger partial charge on any atom is 0.222 e. The fourth-order valence-corrected chi connectivity index (χ4v) is 2.98. The molecule has 1 aliphatic heterocycles. The number of nitrogens with zero attached hydrogens (tertiary/aromatic N) is 4. The average Bonchev–Trinajstić information content (AvgIpc) is 2.97. The van der Waals surface area contributed by atoms with Gasteiger partial charge in [0.15, 0.2) is 5.82 Å². The summed E-state index contributed by atoms with van der Waals surface area (Å²) in [5.74, 6) is 1.42. The summed E-state index contributed by atoms with van der Waals surface area (Å²) in [5.41, 5.74) is 7.42. The van der Waals surface area contributed by atoms with Crippen LogP contribution in [-0.4, -0.2) is 33.9 Å². The number of rotatable bonds is 4. The summed E-state index contributed by atoms with van der Waals surface area (Å²) in [4.78, 5) is 27.0. The number of aryl methyl sites for hydroxylation is 1. The van der Waals surface area contributed by atoms with E-state index in [1.54, 1.807) is 12.4 Å². The molecule has 2 N–H and O–H groups in total. The van der Waals surface area contributed by atoms with Gasteiger partial charge in [-0.05, 0) is 24.5 Å². The molecule has 2 atom stereocenters. The smallest absolute Gasteiger partial charge is 0.222 e. The van der Waals surface area contributed by atoms with Crippen molar-refractivity contribution in [3.05, 3.63) is 36.3 Å². The molecule has 3 rings (SSSR count). The third kappa shape index (κ3) is 3.16. The van der Waals surface area contributed by atoms with Crippen molar-refractivity contribution in [1.82, 2.24) is 15.0 Å². The Morgan fingerprint density at radius 2 is 2.04 bits per heavy atom. The Kier molecular flexibility index (Phi) is 4.23. The second-order valence-corrected chi connectivity index (χ2v) is 6.02. The molecular formula is C17H21N5O. The van der Waals surface area contributed by atoms with Crippen LogP contribution in [0.3, 0.4) is 0 Å². The molecule has 2 aromatic rings. The van der Waals surface area contributed by atoms with Crippen LogP contribution in [0, 0.1) is 11.8 Å². The van der Waals surface area contributed by atoms with Crippen molar-refractivity contribution in [3.63, 3.8) is 0 Å². The normalized spacial score (nSPS) is 20.7. The van der Waals surface area contributed by atoms with Crippen molar-refractivity contribution in [1.29, 1.82) is 0 Å². The van der Waals surface area contributed by atoms with Crippen LogP contribution in [0.25, 0.3) is 11.4 Å². The van der Waals surface area contributed by atoms with Gasteiger partial charge in [-0.2, -0.15) is 0 Å². The predicted octanol–water partition coefficient (Wildman–Crippen LogP) is 1.66. The van der Waals surface area contributed by atoms with Gasteiger partial charge in [0.25, 0.3) is 0 Å². The van der Waals surface area contributed by atoms with Gasteiger partial charge in [-0.15, -0.1) is 0 Å². The molecule has 6 heteroatoms. The van der Waals surface area contributed by atoms with Crippen molar-refractivity contribution in [2.24, 2.45) is 17.6 Å². The molecule has 0 spiro atoms. The summed E-state index contributed by atoms with van der Waals surface area (Å²) < 4.78 is 0. The van der Waals surface area contributed by atoms with Crippen molar-refractivity contribution >= 4 is 11.7 Å². The molecule has 6 nitrogen and oxygen atoms in total. The standard InChI is InChI=1S/C17H21N5O/c1-3-13-8-15(22-9-11(2)14(10-22)16(18)23)21-17(20-13)12-4-6-19-7-5-12/h4-8,11,14H,3,9-10H2,1-2H3,(H2,18,23)/t11-,14-/m1/s1. The number of pyridine rings is 1. The first-order chi connectivity index (χ1) is 11.1. The average molecular weight is 311 g/mol. The molecule has 1 amide bonds. The Labute approximate surface area is 135 Å². The van der Waals surface area contributed by atoms with Crippen LogP contribution in [0.4, 0.5) is 5.82 Å². The molecule has 0 bridgehead atoms. The van der Waals surface area contributed by atoms with Crippen molar-refractivity contribution in [3.8, 4) is 11.4 Å². The number of carbonyl (C=O) groups excluding carboxylic acids is 1. The quantitative estimate of drug-likeness (QED) is 0.928. The van der Waals surface area contributed by atoms with E-state index >= 15 is 0 Å². The summed E-state index contributed by atoms with van der Waals surface area (Å²) in [7, 11) is 0. The molecule has 120 valence electrons. The second-order valence-electron chi connectivity index (χ2n) is 6.02. The molecule has 0 radical (unpaired) electrons. The van der Waals surface area contributed by atoms with Gasteiger partial charge in [-0.1, -0.05) is 13.8 Å². The highest BCUT2D eigenvalue weighted by molar-refractivity contribution is 5.78. The van der Waals surface area contributed by atoms with Gasteiger partial charge < -0.3 is 10.6 Å². The number of primary amides is 1. The zero-order valence-electron chi connectivity index (χ0n) is 13.4. The fourth-order valence-electron chi connectivity index (χ4n) is 2.98. The Balaban J connectivity index is 1.95. The Bertz CT molecular complexity index is 703. The van der Waals surface area contributed by atoms with Crippen molar-refractivity contribution in [2.75, 3.05) is 18.0 Å². The summed E-state index contributed by atoms with van der Waals surface area (Å²) in [6.07, 6.45) is 4.30. The zero-order valence-corrected chi connectivity index (χ0v) is 13.4. The number of anilines is 1. The summed E-state index contributed by atoms with van der Waals surface area (Å²) in [6.45, 7) is 5.53. The first kappa shape index (κ1) is 15.4. The summed E-state index contributed by atoms with van der Waals surface area (Å²) >= 11 is 0. The van der Waals surface area contributed by atoms with E-state index < -0.39 is 0 Å². The van der Waals surface area contributed by atoms with Gasteiger partial charge in [0.2, 0.25) is 5.91 Å². The van der Waals surface area contributed by atoms with Crippen LogP contribution in [0.5, 0.6) is 0 Å². The van der Waals surface area contributed by atoms with Gasteiger partial charge in [-0.3, -0.25) is 9.78 Å². The Morgan fingerprint density at radius 3 is 2.65 bits per heavy atom. The van der Waals surface area contributed by atoms with E-state index in [0.29, 0.717) is 12.4 Å². The third-order valence-electron chi connectivity index (χ3n) is 4.37. The highest BCUT2D eigenvalue weighted by Crippen LogP contribution is 2.28. The first-order valence-electron chi connectivity index (χ1n) is 7.91. The van der Waals surface area contributed by atoms with Gasteiger partial charge in [0.05, 0.1) is 5.92 Å². The minimum absolute atomic E-state index is 0.126. The lowest BCUT2D eigenvalue weighted by Gasteiger charge is -2.18. The lowest BCUT2D eigenvalue weighted by Crippen LogP contribution is -2.29. The van der Waals surface area contributed by atoms with Crippen LogP contribution >= 0.6 is 0 Å². The monoisotopic (exact) mass is 311 g/mol. The van der Waals surface area contributed by atoms with E-state index in [1.165, 1.54) is 0 Å². The van der Waals surface area contributed by atoms with Crippen LogP contribution < -0.4 is 10.6 Å². The number of nitrogens with two attached hydrogens (primary N) is 1. The van der Waals surface area contributed by atoms with Crippen molar-refractivity contribution < 1.29 is 4.79 Å². The van der Waals surface area contributed by atoms with E-state index in [-0.39, 0.29) is 17.7 Å². The second kappa shape index (κ2) is 6.32. The molecule has 1 fully saturated rings. The van der Waals surface area contributed by atoms with E-state index in [9.17, 15) is 4.79 Å². The molecule has 0 unspecified atom stereocenters. The molecule has 1 saturated heterocycles. The van der Waals surface area contributed by atoms with Gasteiger partial charge >= 0.3 is 0 Å². The van der Waals surface area contributed by atoms with Gasteiger partial charge in [-0.25, -0.2) is 9.97 Å². The summed E-state index contributed by atoms with van der Waals surface area (Å²) in [5, 5.41) is 0. The zero-order chi connectivity index (χ0) is 16.4. The van der Waals surface area contributed by atoms with Gasteiger partial charge in [0.1, 0.15) is 5.82 Å². The largest absolute Gasteiger partial charge is 0.369 e. The van der Waals surface area contributed by atoms with Crippen molar-refractivity contribution in [2.45, 2.75) is 20.3 Å². The van der Waals surface area contributed by atoms with Crippen LogP contribution in [0.2, 0.25) is 0 Å². The van der Waals surface area contributed by atoms with Crippen LogP contribution in [-0.2, 0) is 11.2 Å². The maximum absolute atomic E-state index is 11.6. The molecule has 0 saturated carbocycles. The fraction of sp³-hybridized carbons (Fsp3) is 0.412. The molecule has 0 aliphatic carbocycles. The predicted molar refractivity (Wildman–Crippen MR) is 88.7 cm³/mol. The van der Waals surface area contributed by atoms with Crippen LogP contribution in [0.1, 0.15) is 19.5 Å². The van der Waals surface area contributed by atoms with E-state index in [1.807, 2.05) is 18.2 Å².